The normalized spacial score (nSPS) is 25.6. The van der Waals surface area contributed by atoms with Crippen LogP contribution >= 0.6 is 11.6 Å². The second-order valence-corrected chi connectivity index (χ2v) is 10.5. The first-order valence-corrected chi connectivity index (χ1v) is 13.0. The summed E-state index contributed by atoms with van der Waals surface area (Å²) in [5.74, 6) is -0.487. The molecule has 2 aromatic carbocycles. The number of ketones is 1. The third-order valence-electron chi connectivity index (χ3n) is 7.83. The second-order valence-electron chi connectivity index (χ2n) is 10.1. The number of ether oxygens (including phenoxy) is 3. The smallest absolute Gasteiger partial charge is 0.315 e. The van der Waals surface area contributed by atoms with Crippen LogP contribution in [0.5, 0.6) is 11.5 Å². The summed E-state index contributed by atoms with van der Waals surface area (Å²) in [5, 5.41) is 0.433. The fourth-order valence-electron chi connectivity index (χ4n) is 6.08. The number of halogens is 1. The second kappa shape index (κ2) is 9.40. The van der Waals surface area contributed by atoms with Crippen LogP contribution in [0.2, 0.25) is 5.02 Å². The lowest BCUT2D eigenvalue weighted by molar-refractivity contribution is -0.151. The first kappa shape index (κ1) is 23.3. The third kappa shape index (κ3) is 4.11. The van der Waals surface area contributed by atoms with E-state index in [1.807, 2.05) is 31.2 Å². The van der Waals surface area contributed by atoms with Crippen LogP contribution in [-0.4, -0.2) is 30.4 Å². The SMILES string of the molecule is CC1=NC2=C(C(=O)C[C@@H](c3ccccc3)C2)[C@@H](c2cc3c(cc2Cl)OCO3)C1C(=O)OC1CCCC1. The van der Waals surface area contributed by atoms with Crippen molar-refractivity contribution in [3.8, 4) is 11.5 Å². The van der Waals surface area contributed by atoms with Crippen LogP contribution in [0.15, 0.2) is 58.7 Å². The summed E-state index contributed by atoms with van der Waals surface area (Å²) < 4.78 is 17.1. The summed E-state index contributed by atoms with van der Waals surface area (Å²) in [5.41, 5.74) is 3.74. The molecule has 0 spiro atoms. The predicted molar refractivity (Wildman–Crippen MR) is 136 cm³/mol. The molecule has 3 atom stereocenters. The molecule has 186 valence electrons. The predicted octanol–water partition coefficient (Wildman–Crippen LogP) is 6.13. The molecule has 0 saturated heterocycles. The number of Topliss-reactive ketones (excluding diaryl/α,β-unsaturated/α-hetero) is 1. The molecule has 1 saturated carbocycles. The van der Waals surface area contributed by atoms with Gasteiger partial charge < -0.3 is 14.2 Å². The maximum atomic E-state index is 13.8. The number of carbonyl (C=O) groups is 2. The van der Waals surface area contributed by atoms with Gasteiger partial charge in [-0.2, -0.15) is 0 Å². The summed E-state index contributed by atoms with van der Waals surface area (Å²) in [4.78, 5) is 32.3. The van der Waals surface area contributed by atoms with Crippen molar-refractivity contribution in [2.45, 2.75) is 63.4 Å². The van der Waals surface area contributed by atoms with Gasteiger partial charge in [-0.25, -0.2) is 0 Å². The summed E-state index contributed by atoms with van der Waals surface area (Å²) in [6.07, 6.45) is 4.76. The minimum atomic E-state index is -0.723. The zero-order chi connectivity index (χ0) is 24.8. The van der Waals surface area contributed by atoms with E-state index in [9.17, 15) is 9.59 Å². The van der Waals surface area contributed by atoms with E-state index >= 15 is 0 Å². The van der Waals surface area contributed by atoms with Gasteiger partial charge in [0.15, 0.2) is 17.3 Å². The molecule has 2 aromatic rings. The molecule has 2 heterocycles. The maximum Gasteiger partial charge on any atom is 0.315 e. The van der Waals surface area contributed by atoms with E-state index in [4.69, 9.17) is 30.8 Å². The van der Waals surface area contributed by atoms with E-state index in [0.717, 1.165) is 36.9 Å². The Balaban J connectivity index is 1.44. The number of esters is 1. The summed E-state index contributed by atoms with van der Waals surface area (Å²) in [6.45, 7) is 1.97. The van der Waals surface area contributed by atoms with E-state index in [1.165, 1.54) is 0 Å². The van der Waals surface area contributed by atoms with Crippen LogP contribution in [0.4, 0.5) is 0 Å². The van der Waals surface area contributed by atoms with Crippen molar-refractivity contribution < 1.29 is 23.8 Å². The summed E-state index contributed by atoms with van der Waals surface area (Å²) >= 11 is 6.77. The standard InChI is InChI=1S/C29H28ClNO5/c1-16-26(29(33)36-19-9-5-6-10-19)27(20-13-24-25(14-21(20)30)35-15-34-24)28-22(31-16)11-18(12-23(28)32)17-7-3-2-4-8-17/h2-4,7-8,13-14,18-19,26-27H,5-6,9-12,15H2,1H3/t18-,26?,27-/m0/s1. The Hall–Kier alpha value is -3.12. The van der Waals surface area contributed by atoms with E-state index in [-0.39, 0.29) is 30.6 Å². The monoisotopic (exact) mass is 505 g/mol. The molecule has 6 nitrogen and oxygen atoms in total. The highest BCUT2D eigenvalue weighted by Crippen LogP contribution is 2.50. The zero-order valence-electron chi connectivity index (χ0n) is 20.2. The topological polar surface area (TPSA) is 74.2 Å². The van der Waals surface area contributed by atoms with Gasteiger partial charge in [-0.1, -0.05) is 41.9 Å². The van der Waals surface area contributed by atoms with E-state index in [2.05, 4.69) is 12.1 Å². The number of benzene rings is 2. The third-order valence-corrected chi connectivity index (χ3v) is 8.15. The lowest BCUT2D eigenvalue weighted by atomic mass is 9.69. The largest absolute Gasteiger partial charge is 0.462 e. The zero-order valence-corrected chi connectivity index (χ0v) is 20.9. The van der Waals surface area contributed by atoms with Crippen LogP contribution in [0.3, 0.4) is 0 Å². The van der Waals surface area contributed by atoms with Crippen molar-refractivity contribution in [3.63, 3.8) is 0 Å². The van der Waals surface area contributed by atoms with Crippen LogP contribution in [0.25, 0.3) is 0 Å². The Bertz CT molecular complexity index is 1280. The summed E-state index contributed by atoms with van der Waals surface area (Å²) in [6, 6.07) is 13.6. The molecule has 0 radical (unpaired) electrons. The molecule has 0 amide bonds. The quantitative estimate of drug-likeness (QED) is 0.467. The Morgan fingerprint density at radius 2 is 1.78 bits per heavy atom. The molecule has 0 bridgehead atoms. The van der Waals surface area contributed by atoms with Gasteiger partial charge in [0, 0.05) is 40.4 Å². The highest BCUT2D eigenvalue weighted by molar-refractivity contribution is 6.32. The van der Waals surface area contributed by atoms with Crippen LogP contribution in [0, 0.1) is 5.92 Å². The number of nitrogens with zero attached hydrogens (tertiary/aromatic N) is 1. The van der Waals surface area contributed by atoms with Gasteiger partial charge >= 0.3 is 5.97 Å². The van der Waals surface area contributed by atoms with Crippen molar-refractivity contribution in [2.75, 3.05) is 6.79 Å². The molecule has 7 heteroatoms. The Labute approximate surface area is 215 Å². The van der Waals surface area contributed by atoms with Gasteiger partial charge in [0.2, 0.25) is 6.79 Å². The number of fused-ring (bicyclic) bond motifs is 1. The van der Waals surface area contributed by atoms with Gasteiger partial charge in [-0.3, -0.25) is 14.6 Å². The molecule has 36 heavy (non-hydrogen) atoms. The fourth-order valence-corrected chi connectivity index (χ4v) is 6.35. The van der Waals surface area contributed by atoms with Gasteiger partial charge in [-0.05, 0) is 62.1 Å². The Kier molecular flexibility index (Phi) is 6.08. The lowest BCUT2D eigenvalue weighted by Gasteiger charge is -2.37. The van der Waals surface area contributed by atoms with Crippen molar-refractivity contribution in [3.05, 3.63) is 69.9 Å². The Morgan fingerprint density at radius 1 is 1.06 bits per heavy atom. The van der Waals surface area contributed by atoms with E-state index in [1.54, 1.807) is 6.07 Å². The van der Waals surface area contributed by atoms with Gasteiger partial charge in [0.05, 0.1) is 0 Å². The molecule has 2 aliphatic carbocycles. The number of carbonyl (C=O) groups excluding carboxylic acids is 2. The van der Waals surface area contributed by atoms with Crippen LogP contribution in [0.1, 0.15) is 68.4 Å². The Morgan fingerprint density at radius 3 is 2.53 bits per heavy atom. The molecular formula is C29H28ClNO5. The fraction of sp³-hybridized carbons (Fsp3) is 0.414. The average Bonchev–Trinajstić information content (AvgIpc) is 3.54. The first-order chi connectivity index (χ1) is 17.5. The minimum absolute atomic E-state index is 0.00115. The molecule has 4 aliphatic rings. The lowest BCUT2D eigenvalue weighted by Crippen LogP contribution is -2.39. The van der Waals surface area contributed by atoms with Gasteiger partial charge in [0.25, 0.3) is 0 Å². The van der Waals surface area contributed by atoms with Crippen molar-refractivity contribution in [1.29, 1.82) is 0 Å². The molecule has 2 aliphatic heterocycles. The molecular weight excluding hydrogens is 478 g/mol. The van der Waals surface area contributed by atoms with E-state index in [0.29, 0.717) is 46.2 Å². The number of aliphatic imine (C=N–C) groups is 1. The van der Waals surface area contributed by atoms with Crippen molar-refractivity contribution in [2.24, 2.45) is 10.9 Å². The van der Waals surface area contributed by atoms with Crippen molar-refractivity contribution in [1.82, 2.24) is 0 Å². The van der Waals surface area contributed by atoms with Gasteiger partial charge in [0.1, 0.15) is 12.0 Å². The van der Waals surface area contributed by atoms with E-state index < -0.39 is 11.8 Å². The van der Waals surface area contributed by atoms with Gasteiger partial charge in [-0.15, -0.1) is 0 Å². The molecule has 0 aromatic heterocycles. The van der Waals surface area contributed by atoms with Crippen LogP contribution in [-0.2, 0) is 14.3 Å². The van der Waals surface area contributed by atoms with Crippen LogP contribution < -0.4 is 9.47 Å². The molecule has 1 fully saturated rings. The highest BCUT2D eigenvalue weighted by atomic mass is 35.5. The maximum absolute atomic E-state index is 13.8. The molecule has 1 unspecified atom stereocenters. The summed E-state index contributed by atoms with van der Waals surface area (Å²) in [7, 11) is 0. The molecule has 0 N–H and O–H groups in total. The number of hydrogen-bond acceptors (Lipinski definition) is 6. The number of hydrogen-bond donors (Lipinski definition) is 0. The average molecular weight is 506 g/mol. The number of rotatable bonds is 4. The first-order valence-electron chi connectivity index (χ1n) is 12.7. The number of allylic oxidation sites excluding steroid dienone is 2. The van der Waals surface area contributed by atoms with Crippen molar-refractivity contribution >= 4 is 29.1 Å². The molecule has 6 rings (SSSR count). The minimum Gasteiger partial charge on any atom is -0.462 e. The highest BCUT2D eigenvalue weighted by Gasteiger charge is 2.46.